The molecule has 0 saturated carbocycles. The van der Waals surface area contributed by atoms with Crippen LogP contribution in [-0.4, -0.2) is 36.2 Å². The van der Waals surface area contributed by atoms with Crippen LogP contribution in [0, 0.1) is 0 Å². The normalized spacial score (nSPS) is 11.3. The fourth-order valence-electron chi connectivity index (χ4n) is 1.64. The molecule has 7 heteroatoms. The molecule has 0 aromatic heterocycles. The summed E-state index contributed by atoms with van der Waals surface area (Å²) in [5, 5.41) is 13.7. The molecule has 114 valence electrons. The predicted molar refractivity (Wildman–Crippen MR) is 76.0 cm³/mol. The molecule has 3 N–H and O–H groups in total. The highest BCUT2D eigenvalue weighted by atomic mass is 16.5. The molecule has 1 aromatic carbocycles. The summed E-state index contributed by atoms with van der Waals surface area (Å²) in [5.41, 5.74) is 1.59. The van der Waals surface area contributed by atoms with Crippen molar-refractivity contribution >= 4 is 23.7 Å². The van der Waals surface area contributed by atoms with Crippen LogP contribution in [0.3, 0.4) is 0 Å². The predicted octanol–water partition coefficient (Wildman–Crippen LogP) is 1.39. The summed E-state index contributed by atoms with van der Waals surface area (Å²) in [6.07, 6.45) is 0.380. The third-order valence-electron chi connectivity index (χ3n) is 2.79. The molecule has 1 rings (SSSR count). The molecule has 0 heterocycles. The third-order valence-corrected chi connectivity index (χ3v) is 2.79. The molecule has 21 heavy (non-hydrogen) atoms. The molecule has 0 bridgehead atoms. The first-order chi connectivity index (χ1) is 9.96. The van der Waals surface area contributed by atoms with Gasteiger partial charge in [0.1, 0.15) is 6.04 Å². The van der Waals surface area contributed by atoms with Gasteiger partial charge < -0.3 is 20.5 Å². The number of ether oxygens (including phenoxy) is 1. The van der Waals surface area contributed by atoms with Crippen molar-refractivity contribution in [2.45, 2.75) is 25.8 Å². The van der Waals surface area contributed by atoms with Gasteiger partial charge in [0.05, 0.1) is 13.5 Å². The molecule has 0 aliphatic carbocycles. The molecule has 0 aliphatic rings. The van der Waals surface area contributed by atoms with Crippen molar-refractivity contribution < 1.29 is 24.2 Å². The Hall–Kier alpha value is -2.57. The summed E-state index contributed by atoms with van der Waals surface area (Å²) < 4.78 is 4.39. The number of carbonyl (C=O) groups excluding carboxylic acids is 2. The molecule has 7 nitrogen and oxygen atoms in total. The number of aliphatic carboxylic acids is 1. The maximum Gasteiger partial charge on any atom is 0.326 e. The van der Waals surface area contributed by atoms with E-state index in [-0.39, 0.29) is 0 Å². The van der Waals surface area contributed by atoms with E-state index in [1.54, 1.807) is 18.2 Å². The lowest BCUT2D eigenvalue weighted by Crippen LogP contribution is -2.44. The molecule has 0 spiro atoms. The summed E-state index contributed by atoms with van der Waals surface area (Å²) in [5.74, 6) is -2.02. The Balaban J connectivity index is 2.65. The Morgan fingerprint density at radius 2 is 2.05 bits per heavy atom. The van der Waals surface area contributed by atoms with E-state index in [0.29, 0.717) is 5.69 Å². The fraction of sp³-hybridized carbons (Fsp3) is 0.357. The minimum Gasteiger partial charge on any atom is -0.480 e. The number of hydrogen-bond acceptors (Lipinski definition) is 4. The van der Waals surface area contributed by atoms with Crippen molar-refractivity contribution in [3.05, 3.63) is 29.8 Å². The van der Waals surface area contributed by atoms with E-state index in [1.807, 2.05) is 13.0 Å². The highest BCUT2D eigenvalue weighted by Crippen LogP contribution is 2.11. The number of carbonyl (C=O) groups is 3. The van der Waals surface area contributed by atoms with Gasteiger partial charge in [-0.1, -0.05) is 19.1 Å². The summed E-state index contributed by atoms with van der Waals surface area (Å²) in [7, 11) is 1.15. The van der Waals surface area contributed by atoms with Gasteiger partial charge in [-0.15, -0.1) is 0 Å². The number of methoxy groups -OCH3 is 1. The van der Waals surface area contributed by atoms with Gasteiger partial charge in [-0.05, 0) is 24.1 Å². The zero-order valence-electron chi connectivity index (χ0n) is 11.9. The van der Waals surface area contributed by atoms with Crippen LogP contribution >= 0.6 is 0 Å². The van der Waals surface area contributed by atoms with Crippen molar-refractivity contribution in [1.82, 2.24) is 5.32 Å². The monoisotopic (exact) mass is 294 g/mol. The number of carboxylic acid groups (broad SMARTS) is 1. The van der Waals surface area contributed by atoms with E-state index in [4.69, 9.17) is 5.11 Å². The summed E-state index contributed by atoms with van der Waals surface area (Å²) >= 11 is 0. The first-order valence-electron chi connectivity index (χ1n) is 6.42. The molecular weight excluding hydrogens is 276 g/mol. The largest absolute Gasteiger partial charge is 0.480 e. The van der Waals surface area contributed by atoms with Crippen LogP contribution in [0.2, 0.25) is 0 Å². The minimum absolute atomic E-state index is 0.436. The average Bonchev–Trinajstić information content (AvgIpc) is 2.46. The second-order valence-electron chi connectivity index (χ2n) is 4.32. The van der Waals surface area contributed by atoms with Gasteiger partial charge in [0.15, 0.2) is 0 Å². The molecule has 0 fully saturated rings. The van der Waals surface area contributed by atoms with Crippen LogP contribution in [-0.2, 0) is 20.7 Å². The number of amides is 2. The van der Waals surface area contributed by atoms with Crippen LogP contribution in [0.4, 0.5) is 10.5 Å². The maximum atomic E-state index is 11.8. The van der Waals surface area contributed by atoms with E-state index < -0.39 is 30.4 Å². The van der Waals surface area contributed by atoms with Crippen molar-refractivity contribution in [2.24, 2.45) is 0 Å². The number of rotatable bonds is 6. The number of urea groups is 1. The lowest BCUT2D eigenvalue weighted by molar-refractivity contribution is -0.147. The van der Waals surface area contributed by atoms with Crippen molar-refractivity contribution in [3.63, 3.8) is 0 Å². The summed E-state index contributed by atoms with van der Waals surface area (Å²) in [4.78, 5) is 33.8. The van der Waals surface area contributed by atoms with Crippen molar-refractivity contribution in [1.29, 1.82) is 0 Å². The first-order valence-corrected chi connectivity index (χ1v) is 6.42. The van der Waals surface area contributed by atoms with Gasteiger partial charge in [0, 0.05) is 5.69 Å². The molecule has 0 saturated heterocycles. The first kappa shape index (κ1) is 16.5. The number of hydrogen-bond donors (Lipinski definition) is 3. The quantitative estimate of drug-likeness (QED) is 0.688. The highest BCUT2D eigenvalue weighted by molar-refractivity contribution is 5.93. The van der Waals surface area contributed by atoms with Gasteiger partial charge in [0.2, 0.25) is 0 Å². The van der Waals surface area contributed by atoms with E-state index in [1.165, 1.54) is 0 Å². The van der Waals surface area contributed by atoms with E-state index in [0.717, 1.165) is 19.1 Å². The van der Waals surface area contributed by atoms with Crippen LogP contribution in [0.5, 0.6) is 0 Å². The fourth-order valence-corrected chi connectivity index (χ4v) is 1.64. The molecule has 0 unspecified atom stereocenters. The highest BCUT2D eigenvalue weighted by Gasteiger charge is 2.23. The number of benzene rings is 1. The van der Waals surface area contributed by atoms with Crippen LogP contribution in [0.15, 0.2) is 24.3 Å². The van der Waals surface area contributed by atoms with Gasteiger partial charge >= 0.3 is 18.0 Å². The van der Waals surface area contributed by atoms with Gasteiger partial charge in [-0.25, -0.2) is 9.59 Å². The maximum absolute atomic E-state index is 11.8. The lowest BCUT2D eigenvalue weighted by Gasteiger charge is -2.14. The molecule has 0 aliphatic heterocycles. The number of carboxylic acids is 1. The number of esters is 1. The van der Waals surface area contributed by atoms with Crippen LogP contribution in [0.25, 0.3) is 0 Å². The van der Waals surface area contributed by atoms with Crippen LogP contribution < -0.4 is 10.6 Å². The van der Waals surface area contributed by atoms with Crippen molar-refractivity contribution in [3.8, 4) is 0 Å². The molecular formula is C14H18N2O5. The zero-order chi connectivity index (χ0) is 15.8. The van der Waals surface area contributed by atoms with Gasteiger partial charge in [0.25, 0.3) is 0 Å². The Kier molecular flexibility index (Phi) is 6.19. The van der Waals surface area contributed by atoms with Crippen LogP contribution in [0.1, 0.15) is 18.9 Å². The minimum atomic E-state index is -1.34. The third kappa shape index (κ3) is 5.52. The van der Waals surface area contributed by atoms with Gasteiger partial charge in [-0.3, -0.25) is 4.79 Å². The summed E-state index contributed by atoms with van der Waals surface area (Å²) in [6, 6.07) is 5.15. The zero-order valence-corrected chi connectivity index (χ0v) is 11.9. The van der Waals surface area contributed by atoms with E-state index >= 15 is 0 Å². The molecule has 1 atom stereocenters. The Morgan fingerprint density at radius 3 is 2.62 bits per heavy atom. The number of nitrogens with one attached hydrogen (secondary N) is 2. The SMILES string of the molecule is CCc1cccc(NC(=O)N[C@@H](CC(=O)OC)C(=O)O)c1. The van der Waals surface area contributed by atoms with E-state index in [2.05, 4.69) is 15.4 Å². The topological polar surface area (TPSA) is 105 Å². The second kappa shape index (κ2) is 7.88. The molecule has 1 aromatic rings. The lowest BCUT2D eigenvalue weighted by atomic mass is 10.1. The second-order valence-corrected chi connectivity index (χ2v) is 4.32. The average molecular weight is 294 g/mol. The van der Waals surface area contributed by atoms with E-state index in [9.17, 15) is 14.4 Å². The Bertz CT molecular complexity index is 530. The number of anilines is 1. The Morgan fingerprint density at radius 1 is 1.33 bits per heavy atom. The smallest absolute Gasteiger partial charge is 0.326 e. The summed E-state index contributed by atoms with van der Waals surface area (Å²) in [6.45, 7) is 1.98. The standard InChI is InChI=1S/C14H18N2O5/c1-3-9-5-4-6-10(7-9)15-14(20)16-11(13(18)19)8-12(17)21-2/h4-7,11H,3,8H2,1-2H3,(H,18,19)(H2,15,16,20)/t11-/m0/s1. The number of aryl methyl sites for hydroxylation is 1. The molecule has 0 radical (unpaired) electrons. The Labute approximate surface area is 122 Å². The molecule has 2 amide bonds. The van der Waals surface area contributed by atoms with Crippen molar-refractivity contribution in [2.75, 3.05) is 12.4 Å². The van der Waals surface area contributed by atoms with Gasteiger partial charge in [-0.2, -0.15) is 0 Å².